The molecule has 0 heterocycles. The Morgan fingerprint density at radius 2 is 1.86 bits per heavy atom. The number of rotatable bonds is 9. The van der Waals surface area contributed by atoms with Crippen LogP contribution >= 0.6 is 0 Å². The van der Waals surface area contributed by atoms with Gasteiger partial charge in [0.1, 0.15) is 12.0 Å². The molecule has 0 aromatic heterocycles. The largest absolute Gasteiger partial charge is 0.499 e. The van der Waals surface area contributed by atoms with Crippen LogP contribution in [0.4, 0.5) is 0 Å². The molecule has 1 aromatic carbocycles. The molecular formula is C17H27NO3. The fourth-order valence-corrected chi connectivity index (χ4v) is 1.59. The standard InChI is InChI=1S/C17H27NO3/c1-17(2,3)21-18-16(15-10-6-4-7-11-15)14-20-13-9-5-8-12-19/h4,6-7,10-11,14,18-19H,5,8-9,12-13H2,1-3H3. The van der Waals surface area contributed by atoms with Gasteiger partial charge in [-0.1, -0.05) is 30.3 Å². The summed E-state index contributed by atoms with van der Waals surface area (Å²) in [7, 11) is 0. The molecule has 4 heteroatoms. The zero-order valence-electron chi connectivity index (χ0n) is 13.3. The van der Waals surface area contributed by atoms with Crippen LogP contribution in [0.5, 0.6) is 0 Å². The summed E-state index contributed by atoms with van der Waals surface area (Å²) in [6, 6.07) is 9.92. The quantitative estimate of drug-likeness (QED) is 0.416. The zero-order valence-corrected chi connectivity index (χ0v) is 13.3. The van der Waals surface area contributed by atoms with E-state index in [0.29, 0.717) is 6.61 Å². The van der Waals surface area contributed by atoms with Gasteiger partial charge in [-0.3, -0.25) is 10.3 Å². The minimum absolute atomic E-state index is 0.242. The maximum Gasteiger partial charge on any atom is 0.109 e. The van der Waals surface area contributed by atoms with E-state index in [4.69, 9.17) is 14.7 Å². The molecule has 0 aliphatic carbocycles. The Morgan fingerprint density at radius 1 is 1.14 bits per heavy atom. The molecule has 21 heavy (non-hydrogen) atoms. The number of benzene rings is 1. The molecule has 0 aliphatic heterocycles. The average molecular weight is 293 g/mol. The van der Waals surface area contributed by atoms with Crippen LogP contribution in [0.2, 0.25) is 0 Å². The van der Waals surface area contributed by atoms with Gasteiger partial charge in [-0.15, -0.1) is 0 Å². The highest BCUT2D eigenvalue weighted by molar-refractivity contribution is 5.61. The van der Waals surface area contributed by atoms with Crippen molar-refractivity contribution in [3.8, 4) is 0 Å². The Bertz CT molecular complexity index is 410. The van der Waals surface area contributed by atoms with Crippen molar-refractivity contribution in [2.24, 2.45) is 0 Å². The van der Waals surface area contributed by atoms with E-state index in [0.717, 1.165) is 30.5 Å². The third-order valence-corrected chi connectivity index (χ3v) is 2.67. The highest BCUT2D eigenvalue weighted by Crippen LogP contribution is 2.14. The first-order chi connectivity index (χ1) is 10.0. The molecule has 1 aromatic rings. The summed E-state index contributed by atoms with van der Waals surface area (Å²) in [5.41, 5.74) is 4.50. The van der Waals surface area contributed by atoms with Crippen molar-refractivity contribution in [2.45, 2.75) is 45.6 Å². The number of nitrogens with one attached hydrogen (secondary N) is 1. The SMILES string of the molecule is CC(C)(C)ONC(=COCCCCCO)c1ccccc1. The van der Waals surface area contributed by atoms with Gasteiger partial charge in [0, 0.05) is 12.2 Å². The van der Waals surface area contributed by atoms with E-state index >= 15 is 0 Å². The van der Waals surface area contributed by atoms with Crippen LogP contribution in [-0.2, 0) is 9.57 Å². The molecule has 0 fully saturated rings. The molecule has 0 spiro atoms. The highest BCUT2D eigenvalue weighted by atomic mass is 16.7. The fraction of sp³-hybridized carbons (Fsp3) is 0.529. The van der Waals surface area contributed by atoms with Gasteiger partial charge in [-0.05, 0) is 40.0 Å². The van der Waals surface area contributed by atoms with E-state index in [1.165, 1.54) is 0 Å². The summed E-state index contributed by atoms with van der Waals surface area (Å²) in [6.07, 6.45) is 4.42. The summed E-state index contributed by atoms with van der Waals surface area (Å²) >= 11 is 0. The molecule has 0 aliphatic rings. The molecule has 0 amide bonds. The molecule has 118 valence electrons. The molecule has 0 radical (unpaired) electrons. The Morgan fingerprint density at radius 3 is 2.48 bits per heavy atom. The number of hydroxylamine groups is 1. The highest BCUT2D eigenvalue weighted by Gasteiger charge is 2.12. The predicted molar refractivity (Wildman–Crippen MR) is 85.3 cm³/mol. The van der Waals surface area contributed by atoms with Gasteiger partial charge in [0.25, 0.3) is 0 Å². The van der Waals surface area contributed by atoms with Crippen molar-refractivity contribution in [2.75, 3.05) is 13.2 Å². The van der Waals surface area contributed by atoms with Crippen molar-refractivity contribution < 1.29 is 14.7 Å². The summed E-state index contributed by atoms with van der Waals surface area (Å²) < 4.78 is 5.58. The molecule has 0 saturated heterocycles. The van der Waals surface area contributed by atoms with Crippen LogP contribution in [0.1, 0.15) is 45.6 Å². The molecule has 4 nitrogen and oxygen atoms in total. The number of hydrogen-bond acceptors (Lipinski definition) is 4. The first kappa shape index (κ1) is 17.5. The maximum atomic E-state index is 8.73. The normalized spacial score (nSPS) is 12.3. The lowest BCUT2D eigenvalue weighted by Crippen LogP contribution is -2.28. The van der Waals surface area contributed by atoms with Crippen LogP contribution in [0.15, 0.2) is 36.6 Å². The Kier molecular flexibility index (Phi) is 7.87. The van der Waals surface area contributed by atoms with Crippen molar-refractivity contribution in [3.63, 3.8) is 0 Å². The van der Waals surface area contributed by atoms with Gasteiger partial charge in [-0.25, -0.2) is 0 Å². The van der Waals surface area contributed by atoms with Crippen LogP contribution in [0.3, 0.4) is 0 Å². The van der Waals surface area contributed by atoms with Gasteiger partial charge in [0.15, 0.2) is 0 Å². The monoisotopic (exact) mass is 293 g/mol. The summed E-state index contributed by atoms with van der Waals surface area (Å²) in [6.45, 7) is 6.83. The van der Waals surface area contributed by atoms with Gasteiger partial charge >= 0.3 is 0 Å². The summed E-state index contributed by atoms with van der Waals surface area (Å²) in [5, 5.41) is 8.73. The third-order valence-electron chi connectivity index (χ3n) is 2.67. The van der Waals surface area contributed by atoms with E-state index in [9.17, 15) is 0 Å². The third kappa shape index (κ3) is 8.38. The second kappa shape index (κ2) is 9.42. The van der Waals surface area contributed by atoms with Crippen molar-refractivity contribution in [3.05, 3.63) is 42.2 Å². The van der Waals surface area contributed by atoms with Gasteiger partial charge in [0.05, 0.1) is 12.2 Å². The van der Waals surface area contributed by atoms with Crippen LogP contribution in [-0.4, -0.2) is 23.9 Å². The molecule has 0 atom stereocenters. The van der Waals surface area contributed by atoms with E-state index in [1.807, 2.05) is 51.1 Å². The molecule has 0 unspecified atom stereocenters. The van der Waals surface area contributed by atoms with E-state index in [2.05, 4.69) is 5.48 Å². The smallest absolute Gasteiger partial charge is 0.109 e. The van der Waals surface area contributed by atoms with Crippen LogP contribution in [0.25, 0.3) is 5.70 Å². The van der Waals surface area contributed by atoms with Crippen LogP contribution < -0.4 is 5.48 Å². The van der Waals surface area contributed by atoms with Gasteiger partial charge < -0.3 is 9.84 Å². The Balaban J connectivity index is 2.55. The lowest BCUT2D eigenvalue weighted by Gasteiger charge is -2.21. The average Bonchev–Trinajstić information content (AvgIpc) is 2.45. The molecule has 2 N–H and O–H groups in total. The minimum atomic E-state index is -0.283. The lowest BCUT2D eigenvalue weighted by molar-refractivity contribution is -0.0478. The first-order valence-electron chi connectivity index (χ1n) is 7.45. The summed E-state index contributed by atoms with van der Waals surface area (Å²) in [5.74, 6) is 0. The first-order valence-corrected chi connectivity index (χ1v) is 7.45. The van der Waals surface area contributed by atoms with Crippen molar-refractivity contribution in [1.29, 1.82) is 0 Å². The molecule has 1 rings (SSSR count). The van der Waals surface area contributed by atoms with Gasteiger partial charge in [-0.2, -0.15) is 0 Å². The molecule has 0 saturated carbocycles. The minimum Gasteiger partial charge on any atom is -0.499 e. The predicted octanol–water partition coefficient (Wildman–Crippen LogP) is 3.48. The number of aliphatic hydroxyl groups excluding tert-OH is 1. The Hall–Kier alpha value is -1.52. The topological polar surface area (TPSA) is 50.7 Å². The molecule has 0 bridgehead atoms. The number of hydrogen-bond donors (Lipinski definition) is 2. The maximum absolute atomic E-state index is 8.73. The zero-order chi connectivity index (χ0) is 15.6. The van der Waals surface area contributed by atoms with Crippen molar-refractivity contribution in [1.82, 2.24) is 5.48 Å². The number of ether oxygens (including phenoxy) is 1. The number of unbranched alkanes of at least 4 members (excludes halogenated alkanes) is 2. The number of aliphatic hydroxyl groups is 1. The van der Waals surface area contributed by atoms with Crippen LogP contribution in [0, 0.1) is 0 Å². The second-order valence-corrected chi connectivity index (χ2v) is 5.87. The van der Waals surface area contributed by atoms with E-state index < -0.39 is 0 Å². The van der Waals surface area contributed by atoms with E-state index in [1.54, 1.807) is 6.26 Å². The summed E-state index contributed by atoms with van der Waals surface area (Å²) in [4.78, 5) is 5.61. The second-order valence-electron chi connectivity index (χ2n) is 5.87. The molecular weight excluding hydrogens is 266 g/mol. The fourth-order valence-electron chi connectivity index (χ4n) is 1.59. The Labute approximate surface area is 127 Å². The van der Waals surface area contributed by atoms with Gasteiger partial charge in [0.2, 0.25) is 0 Å². The lowest BCUT2D eigenvalue weighted by atomic mass is 10.2. The van der Waals surface area contributed by atoms with Crippen molar-refractivity contribution >= 4 is 5.70 Å². The van der Waals surface area contributed by atoms with E-state index in [-0.39, 0.29) is 12.2 Å².